The number of likely N-dealkylation sites (N-methyl/N-ethyl adjacent to an activating group) is 1. The average Bonchev–Trinajstić information content (AvgIpc) is 2.48. The van der Waals surface area contributed by atoms with Gasteiger partial charge in [0.25, 0.3) is 0 Å². The Balaban J connectivity index is 2.36. The number of nitrogens with one attached hydrogen (secondary N) is 1. The molecule has 0 amide bonds. The lowest BCUT2D eigenvalue weighted by Gasteiger charge is -2.24. The van der Waals surface area contributed by atoms with Crippen LogP contribution >= 0.6 is 0 Å². The molecule has 0 aromatic heterocycles. The summed E-state index contributed by atoms with van der Waals surface area (Å²) in [4.78, 5) is 0. The maximum Gasteiger partial charge on any atom is 0.119 e. The van der Waals surface area contributed by atoms with Crippen molar-refractivity contribution in [2.75, 3.05) is 13.6 Å². The second-order valence-corrected chi connectivity index (χ2v) is 5.75. The first-order valence-corrected chi connectivity index (χ1v) is 7.76. The molecule has 0 radical (unpaired) electrons. The molecule has 3 heteroatoms. The molecule has 0 spiro atoms. The maximum atomic E-state index is 10.6. The van der Waals surface area contributed by atoms with Crippen molar-refractivity contribution >= 4 is 0 Å². The van der Waals surface area contributed by atoms with E-state index >= 15 is 0 Å². The van der Waals surface area contributed by atoms with Crippen LogP contribution in [-0.4, -0.2) is 30.9 Å². The Kier molecular flexibility index (Phi) is 5.99. The second kappa shape index (κ2) is 7.97. The van der Waals surface area contributed by atoms with Crippen LogP contribution in [0.3, 0.4) is 0 Å². The largest absolute Gasteiger partial charge is 0.491 e. The first kappa shape index (κ1) is 16.5. The third-order valence-electron chi connectivity index (χ3n) is 3.55. The quantitative estimate of drug-likeness (QED) is 0.825. The molecule has 0 bridgehead atoms. The molecule has 2 N–H and O–H groups in total. The Labute approximate surface area is 133 Å². The molecule has 22 heavy (non-hydrogen) atoms. The van der Waals surface area contributed by atoms with Crippen LogP contribution in [0.25, 0.3) is 0 Å². The number of hydrogen-bond donors (Lipinski definition) is 2. The number of ether oxygens (including phenoxy) is 1. The van der Waals surface area contributed by atoms with Gasteiger partial charge in [0, 0.05) is 12.5 Å². The van der Waals surface area contributed by atoms with Gasteiger partial charge in [0.05, 0.1) is 12.2 Å². The molecule has 2 atom stereocenters. The summed E-state index contributed by atoms with van der Waals surface area (Å²) >= 11 is 0. The van der Waals surface area contributed by atoms with Gasteiger partial charge in [-0.3, -0.25) is 0 Å². The van der Waals surface area contributed by atoms with Gasteiger partial charge < -0.3 is 15.2 Å². The predicted molar refractivity (Wildman–Crippen MR) is 90.4 cm³/mol. The summed E-state index contributed by atoms with van der Waals surface area (Å²) in [6.45, 7) is 4.56. The van der Waals surface area contributed by atoms with E-state index in [2.05, 4.69) is 17.4 Å². The van der Waals surface area contributed by atoms with Gasteiger partial charge in [-0.25, -0.2) is 0 Å². The van der Waals surface area contributed by atoms with Gasteiger partial charge in [0.2, 0.25) is 0 Å². The van der Waals surface area contributed by atoms with Crippen LogP contribution in [-0.2, 0) is 0 Å². The summed E-state index contributed by atoms with van der Waals surface area (Å²) in [6.07, 6.45) is -0.366. The van der Waals surface area contributed by atoms with Crippen molar-refractivity contribution in [2.45, 2.75) is 32.0 Å². The standard InChI is InChI=1S/C19H25NO2/c1-14(2)22-17-11-7-10-16(12-17)19(18(21)13-20-3)15-8-5-4-6-9-15/h4-12,14,18-21H,13H2,1-3H3. The molecular weight excluding hydrogens is 274 g/mol. The molecule has 0 saturated carbocycles. The normalized spacial score (nSPS) is 13.9. The smallest absolute Gasteiger partial charge is 0.119 e. The fourth-order valence-corrected chi connectivity index (χ4v) is 2.68. The van der Waals surface area contributed by atoms with Crippen molar-refractivity contribution in [2.24, 2.45) is 0 Å². The van der Waals surface area contributed by atoms with Gasteiger partial charge in [-0.15, -0.1) is 0 Å². The minimum atomic E-state index is -0.498. The summed E-state index contributed by atoms with van der Waals surface area (Å²) in [5, 5.41) is 13.6. The lowest BCUT2D eigenvalue weighted by atomic mass is 9.86. The zero-order valence-electron chi connectivity index (χ0n) is 13.5. The number of hydrogen-bond acceptors (Lipinski definition) is 3. The van der Waals surface area contributed by atoms with Crippen LogP contribution in [0.2, 0.25) is 0 Å². The van der Waals surface area contributed by atoms with Crippen molar-refractivity contribution in [3.8, 4) is 5.75 Å². The van der Waals surface area contributed by atoms with Crippen molar-refractivity contribution in [3.63, 3.8) is 0 Å². The topological polar surface area (TPSA) is 41.5 Å². The Morgan fingerprint density at radius 1 is 1.00 bits per heavy atom. The van der Waals surface area contributed by atoms with E-state index in [4.69, 9.17) is 4.74 Å². The highest BCUT2D eigenvalue weighted by atomic mass is 16.5. The van der Waals surface area contributed by atoms with E-state index < -0.39 is 6.10 Å². The van der Waals surface area contributed by atoms with Gasteiger partial charge in [-0.2, -0.15) is 0 Å². The van der Waals surface area contributed by atoms with E-state index in [9.17, 15) is 5.11 Å². The molecule has 0 aliphatic heterocycles. The summed E-state index contributed by atoms with van der Waals surface area (Å²) in [7, 11) is 1.85. The molecule has 3 nitrogen and oxygen atoms in total. The zero-order valence-corrected chi connectivity index (χ0v) is 13.5. The third-order valence-corrected chi connectivity index (χ3v) is 3.55. The van der Waals surface area contributed by atoms with Gasteiger partial charge in [0.1, 0.15) is 5.75 Å². The van der Waals surface area contributed by atoms with Crippen LogP contribution in [0.5, 0.6) is 5.75 Å². The van der Waals surface area contributed by atoms with E-state index in [0.717, 1.165) is 16.9 Å². The van der Waals surface area contributed by atoms with Crippen LogP contribution in [0.1, 0.15) is 30.9 Å². The summed E-state index contributed by atoms with van der Waals surface area (Å²) in [5.74, 6) is 0.759. The first-order chi connectivity index (χ1) is 10.6. The highest BCUT2D eigenvalue weighted by molar-refractivity contribution is 5.38. The van der Waals surface area contributed by atoms with E-state index in [1.54, 1.807) is 0 Å². The average molecular weight is 299 g/mol. The second-order valence-electron chi connectivity index (χ2n) is 5.75. The first-order valence-electron chi connectivity index (χ1n) is 7.76. The maximum absolute atomic E-state index is 10.6. The van der Waals surface area contributed by atoms with E-state index in [0.29, 0.717) is 6.54 Å². The number of aliphatic hydroxyl groups excluding tert-OH is 1. The monoisotopic (exact) mass is 299 g/mol. The molecule has 0 aliphatic carbocycles. The van der Waals surface area contributed by atoms with Gasteiger partial charge >= 0.3 is 0 Å². The lowest BCUT2D eigenvalue weighted by Crippen LogP contribution is -2.30. The summed E-state index contributed by atoms with van der Waals surface area (Å²) < 4.78 is 5.78. The van der Waals surface area contributed by atoms with Crippen molar-refractivity contribution in [1.29, 1.82) is 0 Å². The van der Waals surface area contributed by atoms with Crippen LogP contribution < -0.4 is 10.1 Å². The minimum absolute atomic E-state index is 0.0793. The predicted octanol–water partition coefficient (Wildman–Crippen LogP) is 3.19. The molecule has 0 aliphatic rings. The SMILES string of the molecule is CNCC(O)C(c1ccccc1)c1cccc(OC(C)C)c1. The van der Waals surface area contributed by atoms with Crippen LogP contribution in [0.15, 0.2) is 54.6 Å². The van der Waals surface area contributed by atoms with Gasteiger partial charge in [-0.05, 0) is 44.2 Å². The number of benzene rings is 2. The highest BCUT2D eigenvalue weighted by Crippen LogP contribution is 2.30. The van der Waals surface area contributed by atoms with E-state index in [-0.39, 0.29) is 12.0 Å². The molecule has 2 aromatic carbocycles. The lowest BCUT2D eigenvalue weighted by molar-refractivity contribution is 0.156. The molecular formula is C19H25NO2. The van der Waals surface area contributed by atoms with Crippen molar-refractivity contribution < 1.29 is 9.84 Å². The number of rotatable bonds is 7. The molecule has 2 rings (SSSR count). The van der Waals surface area contributed by atoms with Crippen LogP contribution in [0.4, 0.5) is 0 Å². The molecule has 2 unspecified atom stereocenters. The number of aliphatic hydroxyl groups is 1. The zero-order chi connectivity index (χ0) is 15.9. The van der Waals surface area contributed by atoms with Crippen molar-refractivity contribution in [3.05, 3.63) is 65.7 Å². The molecule has 0 fully saturated rings. The minimum Gasteiger partial charge on any atom is -0.491 e. The molecule has 2 aromatic rings. The molecule has 118 valence electrons. The summed E-state index contributed by atoms with van der Waals surface area (Å²) in [6, 6.07) is 18.1. The highest BCUT2D eigenvalue weighted by Gasteiger charge is 2.23. The van der Waals surface area contributed by atoms with Gasteiger partial charge in [0.15, 0.2) is 0 Å². The Morgan fingerprint density at radius 3 is 2.32 bits per heavy atom. The Bertz CT molecular complexity index is 569. The Morgan fingerprint density at radius 2 is 1.68 bits per heavy atom. The fourth-order valence-electron chi connectivity index (χ4n) is 2.68. The Hall–Kier alpha value is -1.84. The van der Waals surface area contributed by atoms with Crippen molar-refractivity contribution in [1.82, 2.24) is 5.32 Å². The van der Waals surface area contributed by atoms with E-state index in [1.807, 2.05) is 63.4 Å². The fraction of sp³-hybridized carbons (Fsp3) is 0.368. The van der Waals surface area contributed by atoms with Crippen LogP contribution in [0, 0.1) is 0 Å². The van der Waals surface area contributed by atoms with Gasteiger partial charge in [-0.1, -0.05) is 42.5 Å². The third kappa shape index (κ3) is 4.33. The summed E-state index contributed by atoms with van der Waals surface area (Å²) in [5.41, 5.74) is 2.17. The van der Waals surface area contributed by atoms with E-state index in [1.165, 1.54) is 0 Å². The molecule has 0 saturated heterocycles. The molecule has 0 heterocycles.